The number of aryl methyl sites for hydroxylation is 2. The number of rotatable bonds is 12. The van der Waals surface area contributed by atoms with Crippen LogP contribution in [0.25, 0.3) is 0 Å². The predicted molar refractivity (Wildman–Crippen MR) is 135 cm³/mol. The van der Waals surface area contributed by atoms with Crippen molar-refractivity contribution in [2.24, 2.45) is 0 Å². The lowest BCUT2D eigenvalue weighted by atomic mass is 9.98. The van der Waals surface area contributed by atoms with Gasteiger partial charge in [-0.05, 0) is 56.1 Å². The molecule has 204 valence electrons. The number of aliphatic carboxylic acids is 1. The molecular weight excluding hydrogens is 478 g/mol. The molecule has 37 heavy (non-hydrogen) atoms. The van der Waals surface area contributed by atoms with E-state index in [1.807, 2.05) is 24.3 Å². The Labute approximate surface area is 217 Å². The van der Waals surface area contributed by atoms with Crippen molar-refractivity contribution in [2.45, 2.75) is 94.9 Å². The van der Waals surface area contributed by atoms with Gasteiger partial charge >= 0.3 is 5.97 Å². The molecule has 0 spiro atoms. The molecule has 0 aliphatic carbocycles. The average Bonchev–Trinajstić information content (AvgIpc) is 3.30. The molecule has 3 amide bonds. The number of carbonyl (C=O) groups is 4. The number of fused-ring (bicyclic) bond motifs is 1. The van der Waals surface area contributed by atoms with Crippen molar-refractivity contribution in [3.05, 3.63) is 35.4 Å². The molecule has 10 heteroatoms. The van der Waals surface area contributed by atoms with Crippen LogP contribution in [0.2, 0.25) is 0 Å². The second kappa shape index (κ2) is 14.1. The first-order chi connectivity index (χ1) is 17.8. The third kappa shape index (κ3) is 8.53. The van der Waals surface area contributed by atoms with Gasteiger partial charge < -0.3 is 30.9 Å². The molecule has 0 unspecified atom stereocenters. The molecule has 10 nitrogen and oxygen atoms in total. The van der Waals surface area contributed by atoms with Crippen molar-refractivity contribution in [3.63, 3.8) is 0 Å². The SMILES string of the molecule is O=C(O)CCc1ccc(CCC(=O)N[C@H]2CCCC[C@H]3CC[C@@H](C(=O)NCC[C@H](O)CO)N3C2=O)cc1. The van der Waals surface area contributed by atoms with Crippen molar-refractivity contribution < 1.29 is 34.5 Å². The summed E-state index contributed by atoms with van der Waals surface area (Å²) in [6.07, 6.45) is 5.02. The molecule has 1 aromatic carbocycles. The maximum absolute atomic E-state index is 13.5. The van der Waals surface area contributed by atoms with Gasteiger partial charge in [-0.25, -0.2) is 0 Å². The molecule has 0 saturated carbocycles. The molecule has 2 fully saturated rings. The highest BCUT2D eigenvalue weighted by Crippen LogP contribution is 2.31. The Morgan fingerprint density at radius 1 is 0.973 bits per heavy atom. The summed E-state index contributed by atoms with van der Waals surface area (Å²) in [4.78, 5) is 51.5. The van der Waals surface area contributed by atoms with Crippen molar-refractivity contribution in [1.82, 2.24) is 15.5 Å². The van der Waals surface area contributed by atoms with E-state index in [-0.39, 0.29) is 56.2 Å². The predicted octanol–water partition coefficient (Wildman–Crippen LogP) is 0.914. The maximum atomic E-state index is 13.5. The van der Waals surface area contributed by atoms with E-state index in [9.17, 15) is 24.3 Å². The number of amides is 3. The largest absolute Gasteiger partial charge is 0.481 e. The first-order valence-corrected chi connectivity index (χ1v) is 13.3. The van der Waals surface area contributed by atoms with Crippen molar-refractivity contribution in [3.8, 4) is 0 Å². The number of nitrogens with zero attached hydrogens (tertiary/aromatic N) is 1. The zero-order valence-corrected chi connectivity index (χ0v) is 21.2. The standard InChI is InChI=1S/C27H39N3O7/c31-17-21(32)15-16-28-26(36)23-12-11-20-3-1-2-4-22(27(37)30(20)23)29-24(33)13-9-18-5-7-19(8-6-18)10-14-25(34)35/h5-8,20-23,31-32H,1-4,9-17H2,(H,28,36)(H,29,33)(H,34,35)/t20-,21-,22-,23-/m0/s1. The third-order valence-electron chi connectivity index (χ3n) is 7.25. The summed E-state index contributed by atoms with van der Waals surface area (Å²) < 4.78 is 0. The molecule has 2 aliphatic rings. The Bertz CT molecular complexity index is 936. The van der Waals surface area contributed by atoms with E-state index in [1.54, 1.807) is 4.90 Å². The van der Waals surface area contributed by atoms with Crippen molar-refractivity contribution in [2.75, 3.05) is 13.2 Å². The third-order valence-corrected chi connectivity index (χ3v) is 7.25. The van der Waals surface area contributed by atoms with Crippen LogP contribution >= 0.6 is 0 Å². The van der Waals surface area contributed by atoms with Crippen LogP contribution in [0.15, 0.2) is 24.3 Å². The van der Waals surface area contributed by atoms with Crippen molar-refractivity contribution in [1.29, 1.82) is 0 Å². The van der Waals surface area contributed by atoms with Gasteiger partial charge in [0.15, 0.2) is 0 Å². The fourth-order valence-corrected chi connectivity index (χ4v) is 5.14. The second-order valence-electron chi connectivity index (χ2n) is 10.0. The molecule has 2 heterocycles. The number of benzene rings is 1. The van der Waals surface area contributed by atoms with Gasteiger partial charge in [-0.1, -0.05) is 37.1 Å². The molecule has 3 rings (SSSR count). The van der Waals surface area contributed by atoms with Gasteiger partial charge in [0.25, 0.3) is 0 Å². The van der Waals surface area contributed by atoms with Gasteiger partial charge in [0, 0.05) is 25.4 Å². The summed E-state index contributed by atoms with van der Waals surface area (Å²) in [7, 11) is 0. The summed E-state index contributed by atoms with van der Waals surface area (Å²) in [5.74, 6) is -1.54. The summed E-state index contributed by atoms with van der Waals surface area (Å²) in [5.41, 5.74) is 1.89. The van der Waals surface area contributed by atoms with Gasteiger partial charge in [-0.2, -0.15) is 0 Å². The second-order valence-corrected chi connectivity index (χ2v) is 10.0. The van der Waals surface area contributed by atoms with E-state index in [0.717, 1.165) is 36.8 Å². The first kappa shape index (κ1) is 28.6. The fourth-order valence-electron chi connectivity index (χ4n) is 5.14. The minimum Gasteiger partial charge on any atom is -0.481 e. The first-order valence-electron chi connectivity index (χ1n) is 13.3. The summed E-state index contributed by atoms with van der Waals surface area (Å²) in [6.45, 7) is -0.157. The number of aliphatic hydroxyl groups excluding tert-OH is 2. The monoisotopic (exact) mass is 517 g/mol. The van der Waals surface area contributed by atoms with Crippen LogP contribution in [0, 0.1) is 0 Å². The van der Waals surface area contributed by atoms with Crippen LogP contribution in [0.3, 0.4) is 0 Å². The number of aliphatic hydroxyl groups is 2. The van der Waals surface area contributed by atoms with Crippen LogP contribution in [0.5, 0.6) is 0 Å². The average molecular weight is 518 g/mol. The van der Waals surface area contributed by atoms with Gasteiger partial charge in [-0.3, -0.25) is 19.2 Å². The Kier molecular flexibility index (Phi) is 10.9. The Morgan fingerprint density at radius 3 is 2.27 bits per heavy atom. The van der Waals surface area contributed by atoms with Crippen molar-refractivity contribution >= 4 is 23.7 Å². The molecule has 2 saturated heterocycles. The van der Waals surface area contributed by atoms with E-state index < -0.39 is 24.2 Å². The summed E-state index contributed by atoms with van der Waals surface area (Å²) in [5, 5.41) is 32.9. The number of hydrogen-bond donors (Lipinski definition) is 5. The van der Waals surface area contributed by atoms with Gasteiger partial charge in [0.1, 0.15) is 12.1 Å². The molecular formula is C27H39N3O7. The number of carbonyl (C=O) groups excluding carboxylic acids is 3. The van der Waals surface area contributed by atoms with Crippen LogP contribution in [-0.2, 0) is 32.0 Å². The molecule has 0 aromatic heterocycles. The smallest absolute Gasteiger partial charge is 0.303 e. The lowest BCUT2D eigenvalue weighted by Gasteiger charge is -2.35. The highest BCUT2D eigenvalue weighted by Gasteiger charge is 2.43. The molecule has 5 N–H and O–H groups in total. The van der Waals surface area contributed by atoms with Gasteiger partial charge in [-0.15, -0.1) is 0 Å². The van der Waals surface area contributed by atoms with Crippen LogP contribution < -0.4 is 10.6 Å². The number of carboxylic acid groups (broad SMARTS) is 1. The minimum absolute atomic E-state index is 0.0226. The molecule has 1 aromatic rings. The van der Waals surface area contributed by atoms with Crippen LogP contribution in [-0.4, -0.2) is 81.3 Å². The normalized spacial score (nSPS) is 22.5. The molecule has 0 radical (unpaired) electrons. The Balaban J connectivity index is 1.54. The van der Waals surface area contributed by atoms with E-state index in [4.69, 9.17) is 10.2 Å². The van der Waals surface area contributed by atoms with E-state index >= 15 is 0 Å². The lowest BCUT2D eigenvalue weighted by Crippen LogP contribution is -2.56. The highest BCUT2D eigenvalue weighted by atomic mass is 16.4. The Hall–Kier alpha value is -2.98. The minimum atomic E-state index is -0.894. The van der Waals surface area contributed by atoms with E-state index in [1.165, 1.54) is 0 Å². The highest BCUT2D eigenvalue weighted by molar-refractivity contribution is 5.93. The van der Waals surface area contributed by atoms with Crippen LogP contribution in [0.4, 0.5) is 0 Å². The topological polar surface area (TPSA) is 156 Å². The number of hydrogen-bond acceptors (Lipinski definition) is 6. The summed E-state index contributed by atoms with van der Waals surface area (Å²) in [6, 6.07) is 6.24. The zero-order chi connectivity index (χ0) is 26.8. The lowest BCUT2D eigenvalue weighted by molar-refractivity contribution is -0.144. The molecule has 0 bridgehead atoms. The summed E-state index contributed by atoms with van der Waals surface area (Å²) >= 11 is 0. The van der Waals surface area contributed by atoms with Gasteiger partial charge in [0.2, 0.25) is 17.7 Å². The van der Waals surface area contributed by atoms with E-state index in [2.05, 4.69) is 10.6 Å². The Morgan fingerprint density at radius 2 is 1.62 bits per heavy atom. The fraction of sp³-hybridized carbons (Fsp3) is 0.630. The van der Waals surface area contributed by atoms with E-state index in [0.29, 0.717) is 25.7 Å². The van der Waals surface area contributed by atoms with Crippen LogP contribution in [0.1, 0.15) is 68.9 Å². The number of nitrogens with one attached hydrogen (secondary N) is 2. The molecule has 4 atom stereocenters. The van der Waals surface area contributed by atoms with Gasteiger partial charge in [0.05, 0.1) is 12.7 Å². The quantitative estimate of drug-likeness (QED) is 0.276. The zero-order valence-electron chi connectivity index (χ0n) is 21.2. The maximum Gasteiger partial charge on any atom is 0.303 e. The molecule has 2 aliphatic heterocycles. The number of carboxylic acids is 1.